The van der Waals surface area contributed by atoms with Gasteiger partial charge in [0.05, 0.1) is 28.0 Å². The zero-order chi connectivity index (χ0) is 13.8. The zero-order valence-electron chi connectivity index (χ0n) is 9.85. The molecule has 1 aromatic heterocycles. The number of isothiocyanates is 1. The number of halogens is 2. The lowest BCUT2D eigenvalue weighted by Gasteiger charge is -2.09. The first-order chi connectivity index (χ1) is 9.15. The third kappa shape index (κ3) is 3.11. The van der Waals surface area contributed by atoms with Crippen LogP contribution in [0, 0.1) is 0 Å². The molecule has 0 atom stereocenters. The average molecular weight is 311 g/mol. The first kappa shape index (κ1) is 14.0. The number of thiocarbonyl (C=S) groups is 1. The molecule has 0 fully saturated rings. The van der Waals surface area contributed by atoms with Crippen molar-refractivity contribution in [2.75, 3.05) is 7.11 Å². The number of ether oxygens (including phenoxy) is 1. The normalized spacial score (nSPS) is 9.84. The summed E-state index contributed by atoms with van der Waals surface area (Å²) in [5.74, 6) is 0.491. The van der Waals surface area contributed by atoms with Crippen LogP contribution < -0.4 is 4.74 Å². The van der Waals surface area contributed by atoms with Crippen LogP contribution in [0.5, 0.6) is 5.88 Å². The lowest BCUT2D eigenvalue weighted by atomic mass is 10.1. The van der Waals surface area contributed by atoms with E-state index in [1.54, 1.807) is 37.6 Å². The number of aliphatic imine (C=N–C) groups is 1. The Hall–Kier alpha value is -1.45. The van der Waals surface area contributed by atoms with Gasteiger partial charge in [-0.05, 0) is 36.0 Å². The van der Waals surface area contributed by atoms with Crippen molar-refractivity contribution in [3.05, 3.63) is 40.5 Å². The Bertz CT molecular complexity index is 646. The highest BCUT2D eigenvalue weighted by molar-refractivity contribution is 7.78. The lowest BCUT2D eigenvalue weighted by molar-refractivity contribution is 0.398. The van der Waals surface area contributed by atoms with E-state index < -0.39 is 0 Å². The highest BCUT2D eigenvalue weighted by atomic mass is 35.5. The second-order valence-corrected chi connectivity index (χ2v) is 4.57. The van der Waals surface area contributed by atoms with Crippen molar-refractivity contribution in [3.8, 4) is 17.0 Å². The second-order valence-electron chi connectivity index (χ2n) is 3.57. The number of rotatable bonds is 3. The molecule has 0 aliphatic heterocycles. The quantitative estimate of drug-likeness (QED) is 0.603. The first-order valence-electron chi connectivity index (χ1n) is 5.23. The Morgan fingerprint density at radius 1 is 1.26 bits per heavy atom. The van der Waals surface area contributed by atoms with Crippen LogP contribution in [0.2, 0.25) is 10.0 Å². The van der Waals surface area contributed by atoms with Crippen LogP contribution in [0.15, 0.2) is 35.5 Å². The SMILES string of the molecule is COc1cc(-c2c(Cl)cc(N=C=S)cc2Cl)ccn1. The molecule has 0 aliphatic rings. The molecule has 0 radical (unpaired) electrons. The van der Waals surface area contributed by atoms with Gasteiger partial charge in [0.25, 0.3) is 0 Å². The van der Waals surface area contributed by atoms with Crippen LogP contribution in [0.3, 0.4) is 0 Å². The zero-order valence-corrected chi connectivity index (χ0v) is 12.2. The predicted molar refractivity (Wildman–Crippen MR) is 80.9 cm³/mol. The molecule has 96 valence electrons. The van der Waals surface area contributed by atoms with E-state index in [-0.39, 0.29) is 0 Å². The van der Waals surface area contributed by atoms with E-state index in [1.165, 1.54) is 0 Å². The van der Waals surface area contributed by atoms with E-state index in [0.717, 1.165) is 5.56 Å². The monoisotopic (exact) mass is 310 g/mol. The Balaban J connectivity index is 2.58. The fourth-order valence-corrected chi connectivity index (χ4v) is 2.43. The Morgan fingerprint density at radius 3 is 2.53 bits per heavy atom. The summed E-state index contributed by atoms with van der Waals surface area (Å²) >= 11 is 17.0. The highest BCUT2D eigenvalue weighted by Crippen LogP contribution is 2.38. The van der Waals surface area contributed by atoms with E-state index >= 15 is 0 Å². The predicted octanol–water partition coefficient (Wildman–Crippen LogP) is 4.80. The molecule has 2 aromatic rings. The molecule has 0 N–H and O–H groups in total. The van der Waals surface area contributed by atoms with Crippen molar-refractivity contribution >= 4 is 46.3 Å². The fourth-order valence-electron chi connectivity index (χ4n) is 1.63. The van der Waals surface area contributed by atoms with Gasteiger partial charge in [0.2, 0.25) is 5.88 Å². The maximum Gasteiger partial charge on any atom is 0.213 e. The van der Waals surface area contributed by atoms with Crippen molar-refractivity contribution in [2.45, 2.75) is 0 Å². The fraction of sp³-hybridized carbons (Fsp3) is 0.0769. The molecule has 3 nitrogen and oxygen atoms in total. The van der Waals surface area contributed by atoms with Crippen LogP contribution in [-0.4, -0.2) is 17.3 Å². The van der Waals surface area contributed by atoms with Gasteiger partial charge in [0, 0.05) is 17.8 Å². The van der Waals surface area contributed by atoms with Gasteiger partial charge in [-0.3, -0.25) is 0 Å². The van der Waals surface area contributed by atoms with E-state index in [1.807, 2.05) is 0 Å². The Kier molecular flexibility index (Phi) is 4.51. The molecule has 0 saturated carbocycles. The van der Waals surface area contributed by atoms with Gasteiger partial charge in [0.1, 0.15) is 0 Å². The van der Waals surface area contributed by atoms with Gasteiger partial charge in [-0.2, -0.15) is 4.99 Å². The van der Waals surface area contributed by atoms with Gasteiger partial charge in [-0.15, -0.1) is 0 Å². The molecule has 2 rings (SSSR count). The standard InChI is InChI=1S/C13H8Cl2N2OS/c1-18-12-4-8(2-3-16-12)13-10(14)5-9(17-7-19)6-11(13)15/h2-6H,1H3. The summed E-state index contributed by atoms with van der Waals surface area (Å²) in [6, 6.07) is 6.91. The summed E-state index contributed by atoms with van der Waals surface area (Å²) in [6.07, 6.45) is 1.63. The third-order valence-corrected chi connectivity index (χ3v) is 3.12. The highest BCUT2D eigenvalue weighted by Gasteiger charge is 2.11. The molecule has 0 saturated heterocycles. The van der Waals surface area contributed by atoms with Crippen molar-refractivity contribution in [3.63, 3.8) is 0 Å². The number of hydrogen-bond acceptors (Lipinski definition) is 4. The Labute approximate surface area is 125 Å². The number of nitrogens with zero attached hydrogens (tertiary/aromatic N) is 2. The summed E-state index contributed by atoms with van der Waals surface area (Å²) in [7, 11) is 1.55. The first-order valence-corrected chi connectivity index (χ1v) is 6.39. The minimum Gasteiger partial charge on any atom is -0.481 e. The van der Waals surface area contributed by atoms with Crippen LogP contribution in [0.25, 0.3) is 11.1 Å². The molecule has 0 spiro atoms. The van der Waals surface area contributed by atoms with Gasteiger partial charge in [0.15, 0.2) is 0 Å². The molecule has 0 unspecified atom stereocenters. The number of pyridine rings is 1. The number of methoxy groups -OCH3 is 1. The van der Waals surface area contributed by atoms with Crippen molar-refractivity contribution in [2.24, 2.45) is 4.99 Å². The molecular formula is C13H8Cl2N2OS. The van der Waals surface area contributed by atoms with E-state index in [2.05, 4.69) is 27.4 Å². The second kappa shape index (κ2) is 6.13. The van der Waals surface area contributed by atoms with E-state index in [4.69, 9.17) is 27.9 Å². The molecular weight excluding hydrogens is 303 g/mol. The van der Waals surface area contributed by atoms with Crippen molar-refractivity contribution < 1.29 is 4.74 Å². The summed E-state index contributed by atoms with van der Waals surface area (Å²) in [4.78, 5) is 7.89. The summed E-state index contributed by atoms with van der Waals surface area (Å²) in [6.45, 7) is 0. The van der Waals surface area contributed by atoms with Crippen LogP contribution in [0.1, 0.15) is 0 Å². The van der Waals surface area contributed by atoms with Gasteiger partial charge < -0.3 is 4.74 Å². The Morgan fingerprint density at radius 2 is 1.95 bits per heavy atom. The molecule has 1 aromatic carbocycles. The molecule has 0 amide bonds. The lowest BCUT2D eigenvalue weighted by Crippen LogP contribution is -1.88. The molecule has 0 aliphatic carbocycles. The smallest absolute Gasteiger partial charge is 0.213 e. The maximum atomic E-state index is 6.23. The maximum absolute atomic E-state index is 6.23. The topological polar surface area (TPSA) is 34.5 Å². The minimum atomic E-state index is 0.477. The van der Waals surface area contributed by atoms with E-state index in [0.29, 0.717) is 27.2 Å². The van der Waals surface area contributed by atoms with Crippen molar-refractivity contribution in [1.29, 1.82) is 0 Å². The number of hydrogen-bond donors (Lipinski definition) is 0. The average Bonchev–Trinajstić information content (AvgIpc) is 2.38. The third-order valence-electron chi connectivity index (χ3n) is 2.43. The van der Waals surface area contributed by atoms with Crippen LogP contribution in [0.4, 0.5) is 5.69 Å². The summed E-state index contributed by atoms with van der Waals surface area (Å²) < 4.78 is 5.08. The number of aromatic nitrogens is 1. The van der Waals surface area contributed by atoms with Crippen LogP contribution >= 0.6 is 35.4 Å². The van der Waals surface area contributed by atoms with Crippen LogP contribution in [-0.2, 0) is 0 Å². The summed E-state index contributed by atoms with van der Waals surface area (Å²) in [5.41, 5.74) is 2.09. The molecule has 19 heavy (non-hydrogen) atoms. The van der Waals surface area contributed by atoms with Gasteiger partial charge >= 0.3 is 0 Å². The molecule has 0 bridgehead atoms. The van der Waals surface area contributed by atoms with Gasteiger partial charge in [-0.1, -0.05) is 23.2 Å². The number of benzene rings is 1. The minimum absolute atomic E-state index is 0.477. The largest absolute Gasteiger partial charge is 0.481 e. The molecule has 6 heteroatoms. The van der Waals surface area contributed by atoms with Gasteiger partial charge in [-0.25, -0.2) is 4.98 Å². The van der Waals surface area contributed by atoms with Crippen molar-refractivity contribution in [1.82, 2.24) is 4.98 Å². The summed E-state index contributed by atoms with van der Waals surface area (Å²) in [5, 5.41) is 3.23. The molecule has 1 heterocycles. The van der Waals surface area contributed by atoms with E-state index in [9.17, 15) is 0 Å².